The number of hydrogen-bond donors (Lipinski definition) is 1. The van der Waals surface area contributed by atoms with Gasteiger partial charge >= 0.3 is 0 Å². The maximum Gasteiger partial charge on any atom is 0.239 e. The number of nitrogens with two attached hydrogens (primary N) is 1. The summed E-state index contributed by atoms with van der Waals surface area (Å²) in [5.74, 6) is 1.01. The molecular formula is C24H33N5O3S. The van der Waals surface area contributed by atoms with E-state index in [2.05, 4.69) is 35.1 Å². The first kappa shape index (κ1) is 21.7. The predicted octanol–water partition coefficient (Wildman–Crippen LogP) is 2.13. The van der Waals surface area contributed by atoms with Crippen LogP contribution in [-0.2, 0) is 14.3 Å². The highest BCUT2D eigenvalue weighted by Gasteiger charge is 2.47. The first-order chi connectivity index (χ1) is 16.1. The molecule has 2 aromatic heterocycles. The number of carbonyl (C=O) groups is 1. The van der Waals surface area contributed by atoms with Gasteiger partial charge < -0.3 is 25.0 Å². The number of carbonyl (C=O) groups excluding carboxylic acids is 1. The van der Waals surface area contributed by atoms with Crippen molar-refractivity contribution in [1.82, 2.24) is 14.5 Å². The molecule has 6 heterocycles. The third-order valence-electron chi connectivity index (χ3n) is 7.55. The maximum atomic E-state index is 13.7. The second-order valence-electron chi connectivity index (χ2n) is 9.82. The van der Waals surface area contributed by atoms with E-state index < -0.39 is 0 Å². The Kier molecular flexibility index (Phi) is 5.76. The lowest BCUT2D eigenvalue weighted by atomic mass is 9.97. The molecule has 4 saturated heterocycles. The average Bonchev–Trinajstić information content (AvgIpc) is 3.55. The van der Waals surface area contributed by atoms with E-state index in [0.717, 1.165) is 62.3 Å². The van der Waals surface area contributed by atoms with E-state index in [0.29, 0.717) is 13.2 Å². The van der Waals surface area contributed by atoms with E-state index in [1.165, 1.54) is 11.3 Å². The third-order valence-corrected chi connectivity index (χ3v) is 8.90. The molecule has 3 unspecified atom stereocenters. The fraction of sp³-hybridized carbons (Fsp3) is 0.667. The Morgan fingerprint density at radius 2 is 2.06 bits per heavy atom. The summed E-state index contributed by atoms with van der Waals surface area (Å²) in [7, 11) is 0. The molecule has 8 nitrogen and oxygen atoms in total. The zero-order valence-electron chi connectivity index (χ0n) is 19.2. The average molecular weight is 472 g/mol. The fourth-order valence-electron chi connectivity index (χ4n) is 5.84. The SMILES string of the molecule is Cc1cn2nc([C@@H]3CCCCN3C(=O)C3SCC4OCCOC43)cc2cc1N1CC[C@H](N)C1. The van der Waals surface area contributed by atoms with E-state index in [-0.39, 0.29) is 35.4 Å². The van der Waals surface area contributed by atoms with Crippen molar-refractivity contribution in [3.63, 3.8) is 0 Å². The number of likely N-dealkylation sites (tertiary alicyclic amines) is 1. The molecule has 4 aliphatic heterocycles. The number of fused-ring (bicyclic) bond motifs is 2. The van der Waals surface area contributed by atoms with Crippen LogP contribution in [0.15, 0.2) is 18.3 Å². The standard InChI is InChI=1S/C24H33N5O3S/c1-15-12-29-17(11-20(15)27-7-5-16(25)13-27)10-18(26-29)19-4-2-3-6-28(19)24(30)23-22-21(14-33-23)31-8-9-32-22/h10-12,16,19,21-23H,2-9,13-14,25H2,1H3/t16-,19-,21?,22?,23?/m0/s1. The van der Waals surface area contributed by atoms with Crippen molar-refractivity contribution >= 4 is 28.9 Å². The van der Waals surface area contributed by atoms with Crippen LogP contribution in [0.5, 0.6) is 0 Å². The molecule has 0 bridgehead atoms. The summed E-state index contributed by atoms with van der Waals surface area (Å²) in [6.45, 7) is 6.01. The Balaban J connectivity index is 1.27. The number of thioether (sulfide) groups is 1. The molecule has 4 aliphatic rings. The molecule has 0 saturated carbocycles. The lowest BCUT2D eigenvalue weighted by Gasteiger charge is -2.38. The Morgan fingerprint density at radius 1 is 1.18 bits per heavy atom. The molecule has 0 radical (unpaired) electrons. The van der Waals surface area contributed by atoms with Crippen molar-refractivity contribution in [2.45, 2.75) is 62.1 Å². The van der Waals surface area contributed by atoms with Crippen molar-refractivity contribution in [1.29, 1.82) is 0 Å². The van der Waals surface area contributed by atoms with Crippen molar-refractivity contribution in [3.05, 3.63) is 29.6 Å². The van der Waals surface area contributed by atoms with E-state index in [9.17, 15) is 4.79 Å². The van der Waals surface area contributed by atoms with Crippen LogP contribution in [0.2, 0.25) is 0 Å². The maximum absolute atomic E-state index is 13.7. The van der Waals surface area contributed by atoms with Gasteiger partial charge in [-0.05, 0) is 50.3 Å². The van der Waals surface area contributed by atoms with Crippen LogP contribution >= 0.6 is 11.8 Å². The smallest absolute Gasteiger partial charge is 0.239 e. The van der Waals surface area contributed by atoms with Crippen LogP contribution in [0.3, 0.4) is 0 Å². The highest BCUT2D eigenvalue weighted by atomic mass is 32.2. The minimum Gasteiger partial charge on any atom is -0.372 e. The topological polar surface area (TPSA) is 85.3 Å². The van der Waals surface area contributed by atoms with Gasteiger partial charge in [0.05, 0.1) is 36.6 Å². The second kappa shape index (κ2) is 8.76. The van der Waals surface area contributed by atoms with E-state index in [1.807, 2.05) is 4.52 Å². The van der Waals surface area contributed by atoms with Crippen LogP contribution in [0.1, 0.15) is 43.0 Å². The molecule has 178 valence electrons. The van der Waals surface area contributed by atoms with Gasteiger partial charge in [-0.3, -0.25) is 4.79 Å². The summed E-state index contributed by atoms with van der Waals surface area (Å²) in [4.78, 5) is 18.1. The number of hydrogen-bond acceptors (Lipinski definition) is 7. The summed E-state index contributed by atoms with van der Waals surface area (Å²) >= 11 is 1.69. The molecule has 9 heteroatoms. The lowest BCUT2D eigenvalue weighted by molar-refractivity contribution is -0.150. The summed E-state index contributed by atoms with van der Waals surface area (Å²) in [5, 5.41) is 4.76. The van der Waals surface area contributed by atoms with Gasteiger partial charge in [0.15, 0.2) is 0 Å². The number of ether oxygens (including phenoxy) is 2. The van der Waals surface area contributed by atoms with E-state index in [1.54, 1.807) is 11.8 Å². The number of piperidine rings is 1. The van der Waals surface area contributed by atoms with Gasteiger partial charge in [0.25, 0.3) is 0 Å². The molecule has 2 N–H and O–H groups in total. The molecule has 33 heavy (non-hydrogen) atoms. The zero-order chi connectivity index (χ0) is 22.5. The summed E-state index contributed by atoms with van der Waals surface area (Å²) < 4.78 is 13.8. The molecule has 2 aromatic rings. The van der Waals surface area contributed by atoms with Gasteiger partial charge in [0.1, 0.15) is 11.4 Å². The number of anilines is 1. The zero-order valence-corrected chi connectivity index (χ0v) is 20.0. The number of aromatic nitrogens is 2. The number of amides is 1. The first-order valence-electron chi connectivity index (χ1n) is 12.2. The number of pyridine rings is 1. The van der Waals surface area contributed by atoms with Gasteiger partial charge in [-0.2, -0.15) is 5.10 Å². The second-order valence-corrected chi connectivity index (χ2v) is 11.0. The van der Waals surface area contributed by atoms with Crippen molar-refractivity contribution in [2.24, 2.45) is 5.73 Å². The summed E-state index contributed by atoms with van der Waals surface area (Å²) in [5.41, 5.74) is 10.6. The van der Waals surface area contributed by atoms with Gasteiger partial charge in [-0.1, -0.05) is 0 Å². The molecule has 6 rings (SSSR count). The van der Waals surface area contributed by atoms with Gasteiger partial charge in [-0.25, -0.2) is 4.52 Å². The van der Waals surface area contributed by atoms with E-state index >= 15 is 0 Å². The van der Waals surface area contributed by atoms with Crippen molar-refractivity contribution < 1.29 is 14.3 Å². The largest absolute Gasteiger partial charge is 0.372 e. The van der Waals surface area contributed by atoms with Crippen LogP contribution in [0, 0.1) is 6.92 Å². The number of nitrogens with zero attached hydrogens (tertiary/aromatic N) is 4. The molecule has 4 fully saturated rings. The molecule has 5 atom stereocenters. The monoisotopic (exact) mass is 471 g/mol. The fourth-order valence-corrected chi connectivity index (χ4v) is 7.24. The number of rotatable bonds is 3. The minimum atomic E-state index is -0.179. The quantitative estimate of drug-likeness (QED) is 0.734. The third kappa shape index (κ3) is 3.92. The van der Waals surface area contributed by atoms with Crippen LogP contribution in [0.4, 0.5) is 5.69 Å². The van der Waals surface area contributed by atoms with Gasteiger partial charge in [-0.15, -0.1) is 11.8 Å². The van der Waals surface area contributed by atoms with Crippen molar-refractivity contribution in [2.75, 3.05) is 43.5 Å². The first-order valence-corrected chi connectivity index (χ1v) is 13.3. The molecular weight excluding hydrogens is 438 g/mol. The Labute approximate surface area is 198 Å². The summed E-state index contributed by atoms with van der Waals surface area (Å²) in [6, 6.07) is 4.65. The molecule has 1 amide bonds. The molecule has 0 aliphatic carbocycles. The molecule has 0 aromatic carbocycles. The molecule has 0 spiro atoms. The van der Waals surface area contributed by atoms with Crippen molar-refractivity contribution in [3.8, 4) is 0 Å². The normalized spacial score (nSPS) is 32.5. The van der Waals surface area contributed by atoms with Gasteiger partial charge in [0, 0.05) is 43.3 Å². The lowest BCUT2D eigenvalue weighted by Crippen LogP contribution is -2.49. The van der Waals surface area contributed by atoms with Crippen LogP contribution in [0.25, 0.3) is 5.52 Å². The van der Waals surface area contributed by atoms with Crippen LogP contribution < -0.4 is 10.6 Å². The minimum absolute atomic E-state index is 0.0132. The predicted molar refractivity (Wildman–Crippen MR) is 129 cm³/mol. The Bertz CT molecular complexity index is 1040. The Hall–Kier alpha value is -1.81. The number of aryl methyl sites for hydroxylation is 1. The van der Waals surface area contributed by atoms with Crippen LogP contribution in [-0.4, -0.2) is 82.5 Å². The summed E-state index contributed by atoms with van der Waals surface area (Å²) in [6.07, 6.45) is 6.15. The highest BCUT2D eigenvalue weighted by molar-refractivity contribution is 8.01. The van der Waals surface area contributed by atoms with Gasteiger partial charge in [0.2, 0.25) is 5.91 Å². The highest BCUT2D eigenvalue weighted by Crippen LogP contribution is 2.39. The van der Waals surface area contributed by atoms with E-state index in [4.69, 9.17) is 20.3 Å². The Morgan fingerprint density at radius 3 is 2.91 bits per heavy atom.